The van der Waals surface area contributed by atoms with Crippen LogP contribution in [0.4, 0.5) is 0 Å². The Morgan fingerprint density at radius 2 is 1.91 bits per heavy atom. The molecule has 0 saturated carbocycles. The number of rotatable bonds is 6. The number of ether oxygens (including phenoxy) is 2. The van der Waals surface area contributed by atoms with E-state index in [1.807, 2.05) is 38.1 Å². The number of allylic oxidation sites excluding steroid dienone is 1. The zero-order valence-corrected chi connectivity index (χ0v) is 20.3. The molecule has 8 heteroatoms. The van der Waals surface area contributed by atoms with Gasteiger partial charge in [0, 0.05) is 5.56 Å². The third kappa shape index (κ3) is 4.54. The summed E-state index contributed by atoms with van der Waals surface area (Å²) < 4.78 is 13.0. The number of fused-ring (bicyclic) bond motifs is 1. The van der Waals surface area contributed by atoms with Crippen LogP contribution in [0.3, 0.4) is 0 Å². The van der Waals surface area contributed by atoms with E-state index in [0.717, 1.165) is 5.56 Å². The number of carbonyl (C=O) groups excluding carboxylic acids is 1. The maximum atomic E-state index is 13.6. The normalized spacial score (nSPS) is 15.8. The average molecular weight is 479 g/mol. The van der Waals surface area contributed by atoms with Crippen molar-refractivity contribution in [3.63, 3.8) is 0 Å². The fourth-order valence-electron chi connectivity index (χ4n) is 3.86. The Morgan fingerprint density at radius 1 is 1.21 bits per heavy atom. The van der Waals surface area contributed by atoms with Gasteiger partial charge in [0.25, 0.3) is 5.56 Å². The van der Waals surface area contributed by atoms with Crippen molar-refractivity contribution in [3.05, 3.63) is 90.6 Å². The molecule has 176 valence electrons. The molecular weight excluding hydrogens is 452 g/mol. The first-order valence-electron chi connectivity index (χ1n) is 11.0. The first-order valence-corrected chi connectivity index (χ1v) is 11.9. The van der Waals surface area contributed by atoms with E-state index >= 15 is 0 Å². The van der Waals surface area contributed by atoms with Crippen molar-refractivity contribution in [2.24, 2.45) is 4.99 Å². The van der Waals surface area contributed by atoms with Gasteiger partial charge < -0.3 is 14.6 Å². The minimum absolute atomic E-state index is 0.0233. The van der Waals surface area contributed by atoms with Gasteiger partial charge in [-0.25, -0.2) is 9.79 Å². The Morgan fingerprint density at radius 3 is 2.56 bits per heavy atom. The predicted octanol–water partition coefficient (Wildman–Crippen LogP) is 3.29. The molecule has 0 bridgehead atoms. The number of aromatic nitrogens is 1. The number of phenols is 1. The molecule has 1 aromatic heterocycles. The van der Waals surface area contributed by atoms with Crippen LogP contribution in [-0.2, 0) is 9.53 Å². The number of thiazole rings is 1. The van der Waals surface area contributed by atoms with Crippen molar-refractivity contribution < 1.29 is 19.4 Å². The fourth-order valence-corrected chi connectivity index (χ4v) is 4.90. The first-order chi connectivity index (χ1) is 16.3. The summed E-state index contributed by atoms with van der Waals surface area (Å²) in [5.74, 6) is 0.268. The monoisotopic (exact) mass is 478 g/mol. The number of hydrogen-bond donors (Lipinski definition) is 1. The quantitative estimate of drug-likeness (QED) is 0.549. The number of aromatic hydroxyl groups is 1. The molecule has 0 aliphatic carbocycles. The van der Waals surface area contributed by atoms with Gasteiger partial charge >= 0.3 is 5.97 Å². The van der Waals surface area contributed by atoms with Gasteiger partial charge in [0.1, 0.15) is 11.5 Å². The molecule has 0 spiro atoms. The highest BCUT2D eigenvalue weighted by molar-refractivity contribution is 7.07. The molecule has 1 aliphatic heterocycles. The minimum atomic E-state index is -0.699. The fraction of sp³-hybridized carbons (Fsp3) is 0.269. The number of benzene rings is 2. The Balaban J connectivity index is 1.91. The van der Waals surface area contributed by atoms with Gasteiger partial charge in [-0.15, -0.1) is 0 Å². The second-order valence-corrected chi connectivity index (χ2v) is 9.11. The molecule has 3 aromatic rings. The topological polar surface area (TPSA) is 90.1 Å². The van der Waals surface area contributed by atoms with Crippen LogP contribution in [0.2, 0.25) is 0 Å². The summed E-state index contributed by atoms with van der Waals surface area (Å²) in [6.07, 6.45) is 1.66. The summed E-state index contributed by atoms with van der Waals surface area (Å²) in [6, 6.07) is 13.4. The van der Waals surface area contributed by atoms with Crippen molar-refractivity contribution in [1.29, 1.82) is 0 Å². The molecule has 7 nitrogen and oxygen atoms in total. The highest BCUT2D eigenvalue weighted by atomic mass is 32.1. The highest BCUT2D eigenvalue weighted by Gasteiger charge is 2.33. The molecule has 0 unspecified atom stereocenters. The van der Waals surface area contributed by atoms with Gasteiger partial charge in [-0.1, -0.05) is 41.7 Å². The Bertz CT molecular complexity index is 1430. The van der Waals surface area contributed by atoms with Crippen molar-refractivity contribution in [3.8, 4) is 11.5 Å². The van der Waals surface area contributed by atoms with E-state index in [9.17, 15) is 14.7 Å². The van der Waals surface area contributed by atoms with Gasteiger partial charge in [-0.2, -0.15) is 0 Å². The lowest BCUT2D eigenvalue weighted by Gasteiger charge is -2.25. The Labute approximate surface area is 200 Å². The number of phenolic OH excluding ortho intramolecular Hbond substituents is 1. The number of para-hydroxylation sites is 1. The van der Waals surface area contributed by atoms with Crippen molar-refractivity contribution in [2.45, 2.75) is 39.8 Å². The molecule has 4 rings (SSSR count). The maximum absolute atomic E-state index is 13.6. The summed E-state index contributed by atoms with van der Waals surface area (Å²) in [6.45, 7) is 7.59. The molecule has 1 atom stereocenters. The molecule has 1 N–H and O–H groups in total. The van der Waals surface area contributed by atoms with E-state index in [1.165, 1.54) is 15.9 Å². The third-order valence-corrected chi connectivity index (χ3v) is 6.29. The zero-order chi connectivity index (χ0) is 24.4. The van der Waals surface area contributed by atoms with Crippen LogP contribution in [0.5, 0.6) is 11.5 Å². The average Bonchev–Trinajstić information content (AvgIpc) is 3.09. The third-order valence-electron chi connectivity index (χ3n) is 5.31. The summed E-state index contributed by atoms with van der Waals surface area (Å²) >= 11 is 1.21. The van der Waals surface area contributed by atoms with Crippen LogP contribution in [0, 0.1) is 0 Å². The lowest BCUT2D eigenvalue weighted by Crippen LogP contribution is -2.39. The van der Waals surface area contributed by atoms with Crippen LogP contribution in [0.15, 0.2) is 69.6 Å². The number of nitrogens with zero attached hydrogens (tertiary/aromatic N) is 2. The summed E-state index contributed by atoms with van der Waals surface area (Å²) in [7, 11) is 0. The van der Waals surface area contributed by atoms with Crippen LogP contribution in [-0.4, -0.2) is 28.4 Å². The van der Waals surface area contributed by atoms with Crippen LogP contribution < -0.4 is 19.6 Å². The molecule has 2 heterocycles. The van der Waals surface area contributed by atoms with Gasteiger partial charge in [0.15, 0.2) is 4.80 Å². The van der Waals surface area contributed by atoms with E-state index < -0.39 is 12.0 Å². The van der Waals surface area contributed by atoms with Crippen molar-refractivity contribution >= 4 is 23.4 Å². The molecule has 0 radical (unpaired) electrons. The van der Waals surface area contributed by atoms with Gasteiger partial charge in [0.2, 0.25) is 0 Å². The summed E-state index contributed by atoms with van der Waals surface area (Å²) in [4.78, 5) is 31.5. The van der Waals surface area contributed by atoms with E-state index in [2.05, 4.69) is 4.99 Å². The van der Waals surface area contributed by atoms with E-state index in [4.69, 9.17) is 9.47 Å². The zero-order valence-electron chi connectivity index (χ0n) is 19.4. The van der Waals surface area contributed by atoms with Gasteiger partial charge in [-0.3, -0.25) is 9.36 Å². The van der Waals surface area contributed by atoms with E-state index in [1.54, 1.807) is 44.2 Å². The Hall–Kier alpha value is -3.65. The number of hydrogen-bond acceptors (Lipinski definition) is 7. The summed E-state index contributed by atoms with van der Waals surface area (Å²) in [5, 5.41) is 10.2. The summed E-state index contributed by atoms with van der Waals surface area (Å²) in [5.41, 5.74) is 1.79. The highest BCUT2D eigenvalue weighted by Crippen LogP contribution is 2.31. The van der Waals surface area contributed by atoms with E-state index in [0.29, 0.717) is 31.9 Å². The molecule has 0 fully saturated rings. The standard InChI is InChI=1S/C26H26N2O5S/c1-5-32-25(31)22-16(4)27-26-28(23(22)17-10-12-19(13-11-17)33-15(2)3)24(30)21(34-26)14-18-8-6-7-9-20(18)29/h6-15,23,29H,5H2,1-4H3/b21-14+/t23-/m1/s1. The lowest BCUT2D eigenvalue weighted by molar-refractivity contribution is -0.139. The van der Waals surface area contributed by atoms with E-state index in [-0.39, 0.29) is 24.0 Å². The number of esters is 1. The van der Waals surface area contributed by atoms with Crippen molar-refractivity contribution in [2.75, 3.05) is 6.61 Å². The molecule has 0 saturated heterocycles. The minimum Gasteiger partial charge on any atom is -0.507 e. The van der Waals surface area contributed by atoms with Crippen LogP contribution in [0.1, 0.15) is 44.9 Å². The SMILES string of the molecule is CCOC(=O)C1=C(C)N=c2s/c(=C/c3ccccc3O)c(=O)n2[C@@H]1c1ccc(OC(C)C)cc1. The molecular formula is C26H26N2O5S. The second-order valence-electron chi connectivity index (χ2n) is 8.10. The molecule has 2 aromatic carbocycles. The van der Waals surface area contributed by atoms with Crippen LogP contribution in [0.25, 0.3) is 6.08 Å². The van der Waals surface area contributed by atoms with Crippen molar-refractivity contribution in [1.82, 2.24) is 4.57 Å². The van der Waals surface area contributed by atoms with Crippen LogP contribution >= 0.6 is 11.3 Å². The maximum Gasteiger partial charge on any atom is 0.338 e. The Kier molecular flexibility index (Phi) is 6.70. The molecule has 34 heavy (non-hydrogen) atoms. The predicted molar refractivity (Wildman–Crippen MR) is 131 cm³/mol. The van der Waals surface area contributed by atoms with Gasteiger partial charge in [-0.05, 0) is 57.5 Å². The van der Waals surface area contributed by atoms with Gasteiger partial charge in [0.05, 0.1) is 34.6 Å². The second kappa shape index (κ2) is 9.69. The first kappa shape index (κ1) is 23.5. The smallest absolute Gasteiger partial charge is 0.338 e. The largest absolute Gasteiger partial charge is 0.507 e. The molecule has 0 amide bonds. The lowest BCUT2D eigenvalue weighted by atomic mass is 9.96. The number of carbonyl (C=O) groups is 1. The molecule has 1 aliphatic rings.